The molecule has 0 aliphatic carbocycles. The lowest BCUT2D eigenvalue weighted by molar-refractivity contribution is -0.143. The lowest BCUT2D eigenvalue weighted by atomic mass is 10.0. The second kappa shape index (κ2) is 69.6. The topological polar surface area (TPSA) is 95.9 Å². The smallest absolute Gasteiger partial charge is 0.305 e. The molecule has 1 amide bonds. The van der Waals surface area contributed by atoms with Crippen molar-refractivity contribution in [2.24, 2.45) is 0 Å². The second-order valence-electron chi connectivity index (χ2n) is 24.9. The van der Waals surface area contributed by atoms with Crippen LogP contribution in [0.25, 0.3) is 0 Å². The van der Waals surface area contributed by atoms with Gasteiger partial charge in [-0.1, -0.05) is 359 Å². The summed E-state index contributed by atoms with van der Waals surface area (Å²) < 4.78 is 5.50. The molecule has 0 bridgehead atoms. The van der Waals surface area contributed by atoms with Gasteiger partial charge in [-0.15, -0.1) is 0 Å². The van der Waals surface area contributed by atoms with Crippen LogP contribution in [0, 0.1) is 0 Å². The maximum atomic E-state index is 12.5. The molecule has 0 heterocycles. The highest BCUT2D eigenvalue weighted by Gasteiger charge is 2.18. The van der Waals surface area contributed by atoms with Crippen molar-refractivity contribution in [2.75, 3.05) is 13.2 Å². The van der Waals surface area contributed by atoms with E-state index < -0.39 is 12.1 Å². The Labute approximate surface area is 500 Å². The largest absolute Gasteiger partial charge is 0.466 e. The summed E-state index contributed by atoms with van der Waals surface area (Å²) >= 11 is 0. The molecule has 3 N–H and O–H groups in total. The second-order valence-corrected chi connectivity index (χ2v) is 24.9. The third-order valence-corrected chi connectivity index (χ3v) is 16.9. The fourth-order valence-corrected chi connectivity index (χ4v) is 11.4. The number of amides is 1. The number of hydrogen-bond donors (Lipinski definition) is 3. The van der Waals surface area contributed by atoms with Gasteiger partial charge >= 0.3 is 5.97 Å². The summed E-state index contributed by atoms with van der Waals surface area (Å²) in [6, 6.07) is -0.629. The standard InChI is InChI=1S/C74H141NO5/c1-3-5-7-9-11-13-15-17-19-21-35-38-42-46-50-54-58-62-66-72(77)71(70-76)75-73(78)67-63-59-55-51-47-43-39-36-33-31-29-27-25-23-22-24-26-28-30-32-34-37-41-45-49-53-57-61-65-69-80-74(79)68-64-60-56-52-48-44-40-20-18-16-14-12-10-8-6-4-2/h22,24,28,30,62,66,71-72,76-77H,3-21,23,25-27,29,31-61,63-65,67-70H2,1-2H3,(H,75,78)/b24-22-,30-28-,66-62+. The summed E-state index contributed by atoms with van der Waals surface area (Å²) in [5.74, 6) is -0.0502. The first-order valence-corrected chi connectivity index (χ1v) is 36.3. The number of nitrogens with one attached hydrogen (secondary N) is 1. The molecule has 2 unspecified atom stereocenters. The number of rotatable bonds is 68. The van der Waals surface area contributed by atoms with Crippen molar-refractivity contribution in [1.29, 1.82) is 0 Å². The van der Waals surface area contributed by atoms with E-state index in [0.29, 0.717) is 19.4 Å². The van der Waals surface area contributed by atoms with E-state index in [1.807, 2.05) is 6.08 Å². The monoisotopic (exact) mass is 1120 g/mol. The SMILES string of the molecule is CCCCCCCCCCCCCCCCCC/C=C/C(O)C(CO)NC(=O)CCCCCCCCCCCCCCC/C=C\C/C=C\CCCCCCCCCCCOC(=O)CCCCCCCCCCCCCCCCCC. The average molecular weight is 1120 g/mol. The zero-order chi connectivity index (χ0) is 57.8. The zero-order valence-electron chi connectivity index (χ0n) is 54.1. The highest BCUT2D eigenvalue weighted by Crippen LogP contribution is 2.19. The van der Waals surface area contributed by atoms with Crippen LogP contribution in [0.2, 0.25) is 0 Å². The quantitative estimate of drug-likeness (QED) is 0.0320. The normalized spacial score (nSPS) is 12.7. The van der Waals surface area contributed by atoms with Gasteiger partial charge in [-0.3, -0.25) is 9.59 Å². The average Bonchev–Trinajstić information content (AvgIpc) is 3.46. The molecule has 0 aliphatic heterocycles. The first kappa shape index (κ1) is 78.1. The number of allylic oxidation sites excluding steroid dienone is 5. The maximum absolute atomic E-state index is 12.5. The fourth-order valence-electron chi connectivity index (χ4n) is 11.4. The third kappa shape index (κ3) is 65.2. The molecule has 0 spiro atoms. The lowest BCUT2D eigenvalue weighted by Crippen LogP contribution is -2.45. The Bertz CT molecular complexity index is 1300. The van der Waals surface area contributed by atoms with Crippen LogP contribution in [-0.4, -0.2) is 47.4 Å². The summed E-state index contributed by atoms with van der Waals surface area (Å²) in [6.07, 6.45) is 89.4. The summed E-state index contributed by atoms with van der Waals surface area (Å²) in [6.45, 7) is 4.94. The van der Waals surface area contributed by atoms with E-state index >= 15 is 0 Å². The summed E-state index contributed by atoms with van der Waals surface area (Å²) in [5, 5.41) is 23.2. The lowest BCUT2D eigenvalue weighted by Gasteiger charge is -2.20. The van der Waals surface area contributed by atoms with E-state index in [9.17, 15) is 19.8 Å². The summed E-state index contributed by atoms with van der Waals surface area (Å²) in [7, 11) is 0. The molecule has 0 aromatic rings. The summed E-state index contributed by atoms with van der Waals surface area (Å²) in [4.78, 5) is 24.6. The highest BCUT2D eigenvalue weighted by molar-refractivity contribution is 5.76. The van der Waals surface area contributed by atoms with Gasteiger partial charge in [0.15, 0.2) is 0 Å². The van der Waals surface area contributed by atoms with Gasteiger partial charge in [-0.25, -0.2) is 0 Å². The first-order chi connectivity index (χ1) is 39.5. The Hall–Kier alpha value is -1.92. The van der Waals surface area contributed by atoms with Crippen LogP contribution >= 0.6 is 0 Å². The molecule has 0 rings (SSSR count). The molecule has 472 valence electrons. The Balaban J connectivity index is 3.41. The molecule has 6 nitrogen and oxygen atoms in total. The predicted molar refractivity (Wildman–Crippen MR) is 352 cm³/mol. The van der Waals surface area contributed by atoms with Crippen molar-refractivity contribution in [1.82, 2.24) is 5.32 Å². The van der Waals surface area contributed by atoms with Crippen LogP contribution in [0.15, 0.2) is 36.5 Å². The van der Waals surface area contributed by atoms with Crippen LogP contribution in [0.1, 0.15) is 399 Å². The number of carbonyl (C=O) groups excluding carboxylic acids is 2. The number of carbonyl (C=O) groups is 2. The van der Waals surface area contributed by atoms with Crippen molar-refractivity contribution in [2.45, 2.75) is 411 Å². The molecule has 0 fully saturated rings. The number of hydrogen-bond acceptors (Lipinski definition) is 5. The van der Waals surface area contributed by atoms with Crippen LogP contribution in [0.5, 0.6) is 0 Å². The van der Waals surface area contributed by atoms with E-state index in [1.54, 1.807) is 6.08 Å². The predicted octanol–water partition coefficient (Wildman–Crippen LogP) is 23.5. The Morgan fingerprint density at radius 1 is 0.350 bits per heavy atom. The van der Waals surface area contributed by atoms with Crippen molar-refractivity contribution in [3.8, 4) is 0 Å². The molecule has 0 saturated carbocycles. The number of aliphatic hydroxyl groups excluding tert-OH is 2. The van der Waals surface area contributed by atoms with Gasteiger partial charge in [-0.05, 0) is 64.2 Å². The molecule has 6 heteroatoms. The molecule has 0 saturated heterocycles. The van der Waals surface area contributed by atoms with E-state index in [-0.39, 0.29) is 18.5 Å². The minimum Gasteiger partial charge on any atom is -0.466 e. The highest BCUT2D eigenvalue weighted by atomic mass is 16.5. The molecular formula is C74H141NO5. The molecule has 0 radical (unpaired) electrons. The van der Waals surface area contributed by atoms with Crippen LogP contribution in [0.4, 0.5) is 0 Å². The van der Waals surface area contributed by atoms with Gasteiger partial charge in [0.1, 0.15) is 0 Å². The van der Waals surface area contributed by atoms with E-state index in [2.05, 4.69) is 43.5 Å². The van der Waals surface area contributed by atoms with Gasteiger partial charge in [0.2, 0.25) is 5.91 Å². The van der Waals surface area contributed by atoms with Crippen LogP contribution in [0.3, 0.4) is 0 Å². The number of unbranched alkanes of at least 4 members (excludes halogenated alkanes) is 53. The van der Waals surface area contributed by atoms with Gasteiger partial charge in [0.05, 0.1) is 25.4 Å². The fraction of sp³-hybridized carbons (Fsp3) is 0.892. The Morgan fingerprint density at radius 2 is 0.625 bits per heavy atom. The van der Waals surface area contributed by atoms with E-state index in [0.717, 1.165) is 44.9 Å². The first-order valence-electron chi connectivity index (χ1n) is 36.3. The van der Waals surface area contributed by atoms with Gasteiger partial charge in [0.25, 0.3) is 0 Å². The zero-order valence-corrected chi connectivity index (χ0v) is 54.1. The van der Waals surface area contributed by atoms with Crippen molar-refractivity contribution >= 4 is 11.9 Å². The van der Waals surface area contributed by atoms with Gasteiger partial charge in [-0.2, -0.15) is 0 Å². The van der Waals surface area contributed by atoms with Crippen LogP contribution in [-0.2, 0) is 14.3 Å². The Morgan fingerprint density at radius 3 is 0.950 bits per heavy atom. The van der Waals surface area contributed by atoms with E-state index in [1.165, 1.54) is 327 Å². The third-order valence-electron chi connectivity index (χ3n) is 16.9. The molecular weight excluding hydrogens is 983 g/mol. The number of aliphatic hydroxyl groups is 2. The van der Waals surface area contributed by atoms with Crippen molar-refractivity contribution in [3.05, 3.63) is 36.5 Å². The van der Waals surface area contributed by atoms with Gasteiger partial charge in [0, 0.05) is 12.8 Å². The number of esters is 1. The Kier molecular flexibility index (Phi) is 67.9. The minimum atomic E-state index is -0.846. The van der Waals surface area contributed by atoms with E-state index in [4.69, 9.17) is 4.74 Å². The van der Waals surface area contributed by atoms with Crippen molar-refractivity contribution in [3.63, 3.8) is 0 Å². The molecule has 0 aromatic carbocycles. The molecule has 0 aromatic heterocycles. The minimum absolute atomic E-state index is 0.0157. The van der Waals surface area contributed by atoms with Crippen molar-refractivity contribution < 1.29 is 24.5 Å². The summed E-state index contributed by atoms with van der Waals surface area (Å²) in [5.41, 5.74) is 0. The molecule has 2 atom stereocenters. The number of ether oxygens (including phenoxy) is 1. The van der Waals surface area contributed by atoms with Crippen LogP contribution < -0.4 is 5.32 Å². The molecule has 0 aliphatic rings. The molecule has 80 heavy (non-hydrogen) atoms. The maximum Gasteiger partial charge on any atom is 0.305 e. The van der Waals surface area contributed by atoms with Gasteiger partial charge < -0.3 is 20.3 Å².